The molecule has 2 N–H and O–H groups in total. The molecular weight excluding hydrogens is 274 g/mol. The number of non-ortho nitro benzene ring substituents is 1. The molecule has 0 atom stereocenters. The minimum atomic E-state index is -0.459. The fourth-order valence-corrected chi connectivity index (χ4v) is 1.57. The molecule has 0 bridgehead atoms. The summed E-state index contributed by atoms with van der Waals surface area (Å²) < 4.78 is 5.41. The molecular formula is C14H21N3O4. The number of benzene rings is 1. The van der Waals surface area contributed by atoms with Crippen molar-refractivity contribution in [1.29, 1.82) is 0 Å². The third-order valence-corrected chi connectivity index (χ3v) is 2.40. The summed E-state index contributed by atoms with van der Waals surface area (Å²) in [6.45, 7) is 6.86. The maximum absolute atomic E-state index is 11.5. The standard InChI is InChI=1S/C14H21N3O4/c1-14(2,3)16-13(18)10-15-8-9-21-12-6-4-11(5-7-12)17(19)20/h4-7,15H,8-10H2,1-3H3,(H,16,18). The second kappa shape index (κ2) is 7.58. The lowest BCUT2D eigenvalue weighted by Gasteiger charge is -2.20. The fraction of sp³-hybridized carbons (Fsp3) is 0.500. The first-order valence-corrected chi connectivity index (χ1v) is 6.67. The van der Waals surface area contributed by atoms with Crippen molar-refractivity contribution in [2.45, 2.75) is 26.3 Å². The van der Waals surface area contributed by atoms with E-state index in [0.29, 0.717) is 18.9 Å². The Morgan fingerprint density at radius 3 is 2.43 bits per heavy atom. The minimum Gasteiger partial charge on any atom is -0.492 e. The van der Waals surface area contributed by atoms with Gasteiger partial charge in [0.2, 0.25) is 5.91 Å². The number of ether oxygens (including phenoxy) is 1. The van der Waals surface area contributed by atoms with E-state index in [9.17, 15) is 14.9 Å². The highest BCUT2D eigenvalue weighted by molar-refractivity contribution is 5.78. The highest BCUT2D eigenvalue weighted by atomic mass is 16.6. The third-order valence-electron chi connectivity index (χ3n) is 2.40. The SMILES string of the molecule is CC(C)(C)NC(=O)CNCCOc1ccc([N+](=O)[O-])cc1. The normalized spacial score (nSPS) is 11.0. The van der Waals surface area contributed by atoms with Crippen LogP contribution in [0.3, 0.4) is 0 Å². The van der Waals surface area contributed by atoms with E-state index in [4.69, 9.17) is 4.74 Å². The van der Waals surface area contributed by atoms with Crippen LogP contribution in [-0.4, -0.2) is 36.1 Å². The van der Waals surface area contributed by atoms with Crippen molar-refractivity contribution in [3.8, 4) is 5.75 Å². The van der Waals surface area contributed by atoms with Crippen molar-refractivity contribution in [2.24, 2.45) is 0 Å². The first-order valence-electron chi connectivity index (χ1n) is 6.67. The van der Waals surface area contributed by atoms with E-state index >= 15 is 0 Å². The maximum atomic E-state index is 11.5. The lowest BCUT2D eigenvalue weighted by atomic mass is 10.1. The van der Waals surface area contributed by atoms with Crippen LogP contribution in [0.1, 0.15) is 20.8 Å². The van der Waals surface area contributed by atoms with Crippen LogP contribution in [0, 0.1) is 10.1 Å². The Balaban J connectivity index is 2.19. The van der Waals surface area contributed by atoms with E-state index in [1.165, 1.54) is 12.1 Å². The number of nitrogens with one attached hydrogen (secondary N) is 2. The second-order valence-corrected chi connectivity index (χ2v) is 5.57. The zero-order valence-corrected chi connectivity index (χ0v) is 12.5. The molecule has 0 aliphatic heterocycles. The zero-order valence-electron chi connectivity index (χ0n) is 12.5. The van der Waals surface area contributed by atoms with E-state index in [0.717, 1.165) is 0 Å². The van der Waals surface area contributed by atoms with Crippen LogP contribution in [0.25, 0.3) is 0 Å². The average molecular weight is 295 g/mol. The van der Waals surface area contributed by atoms with Crippen molar-refractivity contribution in [1.82, 2.24) is 10.6 Å². The monoisotopic (exact) mass is 295 g/mol. The summed E-state index contributed by atoms with van der Waals surface area (Å²) in [4.78, 5) is 21.5. The van der Waals surface area contributed by atoms with Crippen molar-refractivity contribution in [2.75, 3.05) is 19.7 Å². The molecule has 0 heterocycles. The molecule has 1 aromatic carbocycles. The number of carbonyl (C=O) groups excluding carboxylic acids is 1. The second-order valence-electron chi connectivity index (χ2n) is 5.57. The molecule has 21 heavy (non-hydrogen) atoms. The van der Waals surface area contributed by atoms with Gasteiger partial charge in [-0.1, -0.05) is 0 Å². The minimum absolute atomic E-state index is 0.0272. The molecule has 0 fully saturated rings. The molecule has 0 aromatic heterocycles. The summed E-state index contributed by atoms with van der Waals surface area (Å²) in [7, 11) is 0. The van der Waals surface area contributed by atoms with E-state index < -0.39 is 4.92 Å². The summed E-state index contributed by atoms with van der Waals surface area (Å²) in [5.41, 5.74) is -0.215. The Labute approximate surface area is 123 Å². The number of hydrogen-bond acceptors (Lipinski definition) is 5. The molecule has 7 heteroatoms. The Morgan fingerprint density at radius 1 is 1.29 bits per heavy atom. The first-order chi connectivity index (χ1) is 9.78. The Hall–Kier alpha value is -2.15. The van der Waals surface area contributed by atoms with Gasteiger partial charge in [-0.25, -0.2) is 0 Å². The lowest BCUT2D eigenvalue weighted by Crippen LogP contribution is -2.45. The van der Waals surface area contributed by atoms with Gasteiger partial charge >= 0.3 is 0 Å². The molecule has 1 aromatic rings. The predicted octanol–water partition coefficient (Wildman–Crippen LogP) is 1.48. The van der Waals surface area contributed by atoms with Gasteiger partial charge in [0.1, 0.15) is 12.4 Å². The number of amides is 1. The van der Waals surface area contributed by atoms with Crippen molar-refractivity contribution in [3.05, 3.63) is 34.4 Å². The van der Waals surface area contributed by atoms with Gasteiger partial charge in [0.25, 0.3) is 5.69 Å². The molecule has 116 valence electrons. The lowest BCUT2D eigenvalue weighted by molar-refractivity contribution is -0.384. The Kier molecular flexibility index (Phi) is 6.10. The molecule has 0 aliphatic rings. The maximum Gasteiger partial charge on any atom is 0.269 e. The van der Waals surface area contributed by atoms with Crippen molar-refractivity contribution >= 4 is 11.6 Å². The molecule has 7 nitrogen and oxygen atoms in total. The van der Waals surface area contributed by atoms with E-state index in [2.05, 4.69) is 10.6 Å². The van der Waals surface area contributed by atoms with Gasteiger partial charge in [-0.15, -0.1) is 0 Å². The first kappa shape index (κ1) is 16.9. The molecule has 0 saturated heterocycles. The summed E-state index contributed by atoms with van der Waals surface area (Å²) in [6.07, 6.45) is 0. The topological polar surface area (TPSA) is 93.5 Å². The number of hydrogen-bond donors (Lipinski definition) is 2. The van der Waals surface area contributed by atoms with Gasteiger partial charge < -0.3 is 15.4 Å². The number of nitrogens with zero attached hydrogens (tertiary/aromatic N) is 1. The number of nitro benzene ring substituents is 1. The summed E-state index contributed by atoms with van der Waals surface area (Å²) in [5, 5.41) is 16.3. The van der Waals surface area contributed by atoms with Gasteiger partial charge in [0.05, 0.1) is 11.5 Å². The third kappa shape index (κ3) is 7.26. The van der Waals surface area contributed by atoms with Gasteiger partial charge in [-0.2, -0.15) is 0 Å². The zero-order chi connectivity index (χ0) is 15.9. The van der Waals surface area contributed by atoms with Crippen LogP contribution < -0.4 is 15.4 Å². The summed E-state index contributed by atoms with van der Waals surface area (Å²) in [5.74, 6) is 0.486. The summed E-state index contributed by atoms with van der Waals surface area (Å²) in [6, 6.07) is 5.87. The highest BCUT2D eigenvalue weighted by Crippen LogP contribution is 2.16. The largest absolute Gasteiger partial charge is 0.492 e. The number of carbonyl (C=O) groups is 1. The van der Waals surface area contributed by atoms with Crippen LogP contribution in [0.15, 0.2) is 24.3 Å². The Morgan fingerprint density at radius 2 is 1.90 bits per heavy atom. The van der Waals surface area contributed by atoms with E-state index in [1.54, 1.807) is 12.1 Å². The van der Waals surface area contributed by atoms with Crippen LogP contribution in [0.4, 0.5) is 5.69 Å². The van der Waals surface area contributed by atoms with E-state index in [-0.39, 0.29) is 23.7 Å². The molecule has 0 unspecified atom stereocenters. The fourth-order valence-electron chi connectivity index (χ4n) is 1.57. The van der Waals surface area contributed by atoms with Crippen molar-refractivity contribution in [3.63, 3.8) is 0 Å². The molecule has 1 amide bonds. The Bertz CT molecular complexity index is 480. The van der Waals surface area contributed by atoms with E-state index in [1.807, 2.05) is 20.8 Å². The predicted molar refractivity (Wildman–Crippen MR) is 79.4 cm³/mol. The molecule has 0 radical (unpaired) electrons. The van der Waals surface area contributed by atoms with Crippen LogP contribution in [-0.2, 0) is 4.79 Å². The van der Waals surface area contributed by atoms with Crippen LogP contribution in [0.2, 0.25) is 0 Å². The number of nitro groups is 1. The van der Waals surface area contributed by atoms with Gasteiger partial charge in [-0.3, -0.25) is 14.9 Å². The molecule has 0 saturated carbocycles. The smallest absolute Gasteiger partial charge is 0.269 e. The summed E-state index contributed by atoms with van der Waals surface area (Å²) >= 11 is 0. The highest BCUT2D eigenvalue weighted by Gasteiger charge is 2.12. The molecule has 0 aliphatic carbocycles. The molecule has 0 spiro atoms. The van der Waals surface area contributed by atoms with Gasteiger partial charge in [-0.05, 0) is 32.9 Å². The van der Waals surface area contributed by atoms with Crippen LogP contribution in [0.5, 0.6) is 5.75 Å². The van der Waals surface area contributed by atoms with Gasteiger partial charge in [0.15, 0.2) is 0 Å². The van der Waals surface area contributed by atoms with Crippen LogP contribution >= 0.6 is 0 Å². The van der Waals surface area contributed by atoms with Gasteiger partial charge in [0, 0.05) is 24.2 Å². The number of rotatable bonds is 7. The molecule has 1 rings (SSSR count). The average Bonchev–Trinajstić information content (AvgIpc) is 2.36. The quantitative estimate of drug-likeness (QED) is 0.451. The van der Waals surface area contributed by atoms with Crippen molar-refractivity contribution < 1.29 is 14.5 Å².